The van der Waals surface area contributed by atoms with E-state index >= 15 is 0 Å². The molecule has 0 saturated carbocycles. The Morgan fingerprint density at radius 3 is 2.63 bits per heavy atom. The molecule has 0 bridgehead atoms. The van der Waals surface area contributed by atoms with Gasteiger partial charge in [0.1, 0.15) is 11.3 Å². The van der Waals surface area contributed by atoms with E-state index in [1.807, 2.05) is 4.90 Å². The van der Waals surface area contributed by atoms with Crippen molar-refractivity contribution in [3.05, 3.63) is 28.7 Å². The number of piperidine rings is 1. The second kappa shape index (κ2) is 9.40. The standard InChI is InChI=1S/C21H31N5O4/c1-13(2)11-19-22-18(24-30-19)8-10-26(16(5)27)17-7-6-9-25(12-17)21(28)20-14(3)23-29-15(20)4/h13,17H,6-12H2,1-5H3. The van der Waals surface area contributed by atoms with Gasteiger partial charge in [0.2, 0.25) is 11.8 Å². The van der Waals surface area contributed by atoms with Gasteiger partial charge in [-0.15, -0.1) is 0 Å². The SMILES string of the molecule is CC(=O)N(CCc1noc(CC(C)C)n1)C1CCCN(C(=O)c2c(C)noc2C)C1. The first kappa shape index (κ1) is 22.0. The van der Waals surface area contributed by atoms with Gasteiger partial charge in [-0.05, 0) is 32.6 Å². The molecule has 1 aliphatic rings. The molecule has 2 aromatic heterocycles. The highest BCUT2D eigenvalue weighted by Crippen LogP contribution is 2.21. The van der Waals surface area contributed by atoms with Crippen LogP contribution in [0.2, 0.25) is 0 Å². The predicted molar refractivity (Wildman–Crippen MR) is 109 cm³/mol. The molecule has 2 amide bonds. The Balaban J connectivity index is 1.64. The van der Waals surface area contributed by atoms with E-state index in [-0.39, 0.29) is 17.9 Å². The van der Waals surface area contributed by atoms with Crippen LogP contribution in [0.1, 0.15) is 67.1 Å². The normalized spacial score (nSPS) is 16.9. The van der Waals surface area contributed by atoms with E-state index in [2.05, 4.69) is 29.1 Å². The summed E-state index contributed by atoms with van der Waals surface area (Å²) in [5.74, 6) is 2.10. The lowest BCUT2D eigenvalue weighted by atomic mass is 10.0. The van der Waals surface area contributed by atoms with Gasteiger partial charge in [-0.1, -0.05) is 24.2 Å². The van der Waals surface area contributed by atoms with Crippen LogP contribution in [0, 0.1) is 19.8 Å². The molecular weight excluding hydrogens is 386 g/mol. The van der Waals surface area contributed by atoms with Crippen molar-refractivity contribution in [3.8, 4) is 0 Å². The molecule has 3 rings (SSSR count). The summed E-state index contributed by atoms with van der Waals surface area (Å²) in [6.07, 6.45) is 2.96. The Morgan fingerprint density at radius 1 is 1.23 bits per heavy atom. The van der Waals surface area contributed by atoms with Crippen molar-refractivity contribution in [3.63, 3.8) is 0 Å². The zero-order valence-electron chi connectivity index (χ0n) is 18.5. The molecule has 30 heavy (non-hydrogen) atoms. The summed E-state index contributed by atoms with van der Waals surface area (Å²) in [7, 11) is 0. The maximum atomic E-state index is 13.0. The molecule has 1 fully saturated rings. The number of hydrogen-bond donors (Lipinski definition) is 0. The van der Waals surface area contributed by atoms with Crippen molar-refractivity contribution < 1.29 is 18.6 Å². The Bertz CT molecular complexity index is 868. The minimum absolute atomic E-state index is 0.0162. The van der Waals surface area contributed by atoms with Crippen molar-refractivity contribution in [1.29, 1.82) is 0 Å². The maximum absolute atomic E-state index is 13.0. The van der Waals surface area contributed by atoms with Crippen molar-refractivity contribution in [2.45, 2.75) is 66.3 Å². The molecule has 9 nitrogen and oxygen atoms in total. The summed E-state index contributed by atoms with van der Waals surface area (Å²) in [5.41, 5.74) is 1.12. The molecule has 1 aliphatic heterocycles. The molecule has 9 heteroatoms. The zero-order valence-corrected chi connectivity index (χ0v) is 18.5. The number of rotatable bonds is 7. The third-order valence-electron chi connectivity index (χ3n) is 5.45. The van der Waals surface area contributed by atoms with Gasteiger partial charge in [-0.2, -0.15) is 4.98 Å². The summed E-state index contributed by atoms with van der Waals surface area (Å²) in [5, 5.41) is 7.92. The second-order valence-corrected chi connectivity index (χ2v) is 8.41. The first-order valence-electron chi connectivity index (χ1n) is 10.6. The summed E-state index contributed by atoms with van der Waals surface area (Å²) in [4.78, 5) is 33.4. The third kappa shape index (κ3) is 5.06. The van der Waals surface area contributed by atoms with E-state index in [4.69, 9.17) is 9.05 Å². The van der Waals surface area contributed by atoms with Gasteiger partial charge < -0.3 is 18.8 Å². The summed E-state index contributed by atoms with van der Waals surface area (Å²) in [6.45, 7) is 10.9. The fourth-order valence-corrected chi connectivity index (χ4v) is 3.98. The summed E-state index contributed by atoms with van der Waals surface area (Å²) in [6, 6.07) is -0.0392. The quantitative estimate of drug-likeness (QED) is 0.681. The average Bonchev–Trinajstić information content (AvgIpc) is 3.26. The smallest absolute Gasteiger partial charge is 0.259 e. The largest absolute Gasteiger partial charge is 0.361 e. The first-order chi connectivity index (χ1) is 14.3. The Labute approximate surface area is 176 Å². The Kier molecular flexibility index (Phi) is 6.89. The van der Waals surface area contributed by atoms with E-state index < -0.39 is 0 Å². The lowest BCUT2D eigenvalue weighted by molar-refractivity contribution is -0.132. The van der Waals surface area contributed by atoms with Crippen LogP contribution in [0.15, 0.2) is 9.05 Å². The molecule has 0 spiro atoms. The van der Waals surface area contributed by atoms with Gasteiger partial charge in [0, 0.05) is 45.4 Å². The molecule has 1 unspecified atom stereocenters. The van der Waals surface area contributed by atoms with E-state index in [9.17, 15) is 9.59 Å². The average molecular weight is 418 g/mol. The molecule has 1 atom stereocenters. The minimum atomic E-state index is -0.0871. The molecule has 2 aromatic rings. The monoisotopic (exact) mass is 417 g/mol. The third-order valence-corrected chi connectivity index (χ3v) is 5.45. The lowest BCUT2D eigenvalue weighted by Crippen LogP contribution is -2.51. The number of likely N-dealkylation sites (tertiary alicyclic amines) is 1. The van der Waals surface area contributed by atoms with Crippen molar-refractivity contribution in [1.82, 2.24) is 25.1 Å². The summed E-state index contributed by atoms with van der Waals surface area (Å²) < 4.78 is 10.4. The zero-order chi connectivity index (χ0) is 21.8. The fraction of sp³-hybridized carbons (Fsp3) is 0.667. The van der Waals surface area contributed by atoms with Crippen molar-refractivity contribution >= 4 is 11.8 Å². The Hall–Kier alpha value is -2.71. The molecule has 0 aromatic carbocycles. The highest BCUT2D eigenvalue weighted by molar-refractivity contribution is 5.96. The van der Waals surface area contributed by atoms with E-state index in [0.717, 1.165) is 19.3 Å². The highest BCUT2D eigenvalue weighted by atomic mass is 16.5. The van der Waals surface area contributed by atoms with E-state index in [1.165, 1.54) is 0 Å². The fourth-order valence-electron chi connectivity index (χ4n) is 3.98. The predicted octanol–water partition coefficient (Wildman–Crippen LogP) is 2.57. The molecule has 164 valence electrons. The van der Waals surface area contributed by atoms with Crippen molar-refractivity contribution in [2.75, 3.05) is 19.6 Å². The van der Waals surface area contributed by atoms with Crippen LogP contribution < -0.4 is 0 Å². The van der Waals surface area contributed by atoms with E-state index in [1.54, 1.807) is 25.7 Å². The number of amides is 2. The number of aryl methyl sites for hydroxylation is 2. The van der Waals surface area contributed by atoms with Crippen LogP contribution in [0.5, 0.6) is 0 Å². The minimum Gasteiger partial charge on any atom is -0.361 e. The summed E-state index contributed by atoms with van der Waals surface area (Å²) >= 11 is 0. The number of aromatic nitrogens is 3. The Morgan fingerprint density at radius 2 is 2.00 bits per heavy atom. The van der Waals surface area contributed by atoms with Gasteiger partial charge in [-0.3, -0.25) is 9.59 Å². The van der Waals surface area contributed by atoms with Crippen LogP contribution in [0.4, 0.5) is 0 Å². The van der Waals surface area contributed by atoms with Crippen molar-refractivity contribution in [2.24, 2.45) is 5.92 Å². The highest BCUT2D eigenvalue weighted by Gasteiger charge is 2.32. The molecule has 0 N–H and O–H groups in total. The first-order valence-corrected chi connectivity index (χ1v) is 10.6. The van der Waals surface area contributed by atoms with Crippen LogP contribution in [-0.4, -0.2) is 62.6 Å². The molecule has 0 aliphatic carbocycles. The van der Waals surface area contributed by atoms with Gasteiger partial charge in [-0.25, -0.2) is 0 Å². The van der Waals surface area contributed by atoms with Crippen LogP contribution in [-0.2, 0) is 17.6 Å². The van der Waals surface area contributed by atoms with Gasteiger partial charge in [0.15, 0.2) is 5.82 Å². The van der Waals surface area contributed by atoms with Gasteiger partial charge >= 0.3 is 0 Å². The maximum Gasteiger partial charge on any atom is 0.259 e. The molecule has 1 saturated heterocycles. The van der Waals surface area contributed by atoms with Crippen LogP contribution in [0.3, 0.4) is 0 Å². The molecule has 0 radical (unpaired) electrons. The van der Waals surface area contributed by atoms with Gasteiger partial charge in [0.25, 0.3) is 5.91 Å². The van der Waals surface area contributed by atoms with Gasteiger partial charge in [0.05, 0.1) is 5.69 Å². The lowest BCUT2D eigenvalue weighted by Gasteiger charge is -2.39. The molecular formula is C21H31N5O4. The van der Waals surface area contributed by atoms with E-state index in [0.29, 0.717) is 60.7 Å². The number of carbonyl (C=O) groups is 2. The number of nitrogens with zero attached hydrogens (tertiary/aromatic N) is 5. The topological polar surface area (TPSA) is 106 Å². The number of carbonyl (C=O) groups excluding carboxylic acids is 2. The number of hydrogen-bond acceptors (Lipinski definition) is 7. The van der Waals surface area contributed by atoms with Crippen LogP contribution >= 0.6 is 0 Å². The van der Waals surface area contributed by atoms with Crippen LogP contribution in [0.25, 0.3) is 0 Å². The second-order valence-electron chi connectivity index (χ2n) is 8.41. The molecule has 3 heterocycles.